The van der Waals surface area contributed by atoms with E-state index in [1.54, 1.807) is 48.3 Å². The molecule has 0 saturated heterocycles. The SMILES string of the molecule is Cc1cc(C)c2nc(-c3ccccc3Cl)cc(C(=O)Nc3ccc(C(=O)N(C)Cc4ocnc4C)cc3)c2c1. The molecule has 0 fully saturated rings. The van der Waals surface area contributed by atoms with Crippen molar-refractivity contribution >= 4 is 40.0 Å². The largest absolute Gasteiger partial charge is 0.446 e. The summed E-state index contributed by atoms with van der Waals surface area (Å²) in [5, 5.41) is 4.29. The number of aromatic nitrogens is 2. The first-order chi connectivity index (χ1) is 18.7. The molecule has 0 radical (unpaired) electrons. The molecule has 2 aromatic heterocycles. The number of aryl methyl sites for hydroxylation is 3. The van der Waals surface area contributed by atoms with Gasteiger partial charge >= 0.3 is 0 Å². The highest BCUT2D eigenvalue weighted by molar-refractivity contribution is 6.33. The van der Waals surface area contributed by atoms with Crippen LogP contribution in [0, 0.1) is 20.8 Å². The first-order valence-corrected chi connectivity index (χ1v) is 12.8. The van der Waals surface area contributed by atoms with Gasteiger partial charge in [-0.2, -0.15) is 0 Å². The van der Waals surface area contributed by atoms with Crippen LogP contribution in [-0.4, -0.2) is 33.7 Å². The number of rotatable bonds is 6. The van der Waals surface area contributed by atoms with Crippen LogP contribution in [0.5, 0.6) is 0 Å². The summed E-state index contributed by atoms with van der Waals surface area (Å²) >= 11 is 6.47. The maximum absolute atomic E-state index is 13.6. The highest BCUT2D eigenvalue weighted by Gasteiger charge is 2.18. The Morgan fingerprint density at radius 2 is 1.74 bits per heavy atom. The van der Waals surface area contributed by atoms with Gasteiger partial charge in [-0.05, 0) is 68.8 Å². The van der Waals surface area contributed by atoms with Crippen molar-refractivity contribution in [2.24, 2.45) is 0 Å². The van der Waals surface area contributed by atoms with E-state index in [0.29, 0.717) is 39.8 Å². The molecule has 0 aliphatic rings. The predicted molar refractivity (Wildman–Crippen MR) is 153 cm³/mol. The quantitative estimate of drug-likeness (QED) is 0.251. The monoisotopic (exact) mass is 538 g/mol. The zero-order chi connectivity index (χ0) is 27.7. The molecule has 0 saturated carbocycles. The summed E-state index contributed by atoms with van der Waals surface area (Å²) in [4.78, 5) is 37.0. The molecule has 5 aromatic rings. The minimum Gasteiger partial charge on any atom is -0.446 e. The van der Waals surface area contributed by atoms with Gasteiger partial charge in [-0.3, -0.25) is 9.59 Å². The fraction of sp³-hybridized carbons (Fsp3) is 0.161. The van der Waals surface area contributed by atoms with Gasteiger partial charge in [-0.15, -0.1) is 0 Å². The van der Waals surface area contributed by atoms with Crippen molar-refractivity contribution in [1.82, 2.24) is 14.9 Å². The summed E-state index contributed by atoms with van der Waals surface area (Å²) in [5.74, 6) is 0.192. The molecule has 3 aromatic carbocycles. The zero-order valence-corrected chi connectivity index (χ0v) is 22.8. The molecule has 0 atom stereocenters. The smallest absolute Gasteiger partial charge is 0.256 e. The lowest BCUT2D eigenvalue weighted by atomic mass is 9.99. The summed E-state index contributed by atoms with van der Waals surface area (Å²) in [7, 11) is 1.70. The molecule has 2 amide bonds. The molecule has 39 heavy (non-hydrogen) atoms. The number of hydrogen-bond acceptors (Lipinski definition) is 5. The van der Waals surface area contributed by atoms with Gasteiger partial charge in [-0.25, -0.2) is 9.97 Å². The Bertz CT molecular complexity index is 1710. The highest BCUT2D eigenvalue weighted by Crippen LogP contribution is 2.32. The summed E-state index contributed by atoms with van der Waals surface area (Å²) in [5.41, 5.74) is 6.43. The standard InChI is InChI=1S/C31H27ClN4O3/c1-18-13-19(2)29-24(14-18)25(15-27(35-29)23-7-5-6-8-26(23)32)30(37)34-22-11-9-21(10-12-22)31(38)36(4)16-28-20(3)33-17-39-28/h5-15,17H,16H2,1-4H3,(H,34,37). The van der Waals surface area contributed by atoms with E-state index in [-0.39, 0.29) is 11.8 Å². The number of fused-ring (bicyclic) bond motifs is 1. The third kappa shape index (κ3) is 5.40. The van der Waals surface area contributed by atoms with Crippen molar-refractivity contribution in [2.75, 3.05) is 12.4 Å². The van der Waals surface area contributed by atoms with Crippen LogP contribution in [0.4, 0.5) is 5.69 Å². The number of nitrogens with zero attached hydrogens (tertiary/aromatic N) is 3. The predicted octanol–water partition coefficient (Wildman–Crippen LogP) is 6.99. The number of anilines is 1. The van der Waals surface area contributed by atoms with Crippen molar-refractivity contribution in [3.05, 3.63) is 112 Å². The summed E-state index contributed by atoms with van der Waals surface area (Å²) in [6.45, 7) is 6.12. The van der Waals surface area contributed by atoms with E-state index < -0.39 is 0 Å². The second-order valence-corrected chi connectivity index (χ2v) is 9.97. The maximum atomic E-state index is 13.6. The number of benzene rings is 3. The van der Waals surface area contributed by atoms with Gasteiger partial charge in [0, 0.05) is 34.3 Å². The highest BCUT2D eigenvalue weighted by atomic mass is 35.5. The van der Waals surface area contributed by atoms with E-state index in [2.05, 4.69) is 10.3 Å². The minimum atomic E-state index is -0.280. The first-order valence-electron chi connectivity index (χ1n) is 12.4. The maximum Gasteiger partial charge on any atom is 0.256 e. The molecule has 8 heteroatoms. The Labute approximate surface area is 231 Å². The van der Waals surface area contributed by atoms with E-state index in [1.165, 1.54) is 6.39 Å². The van der Waals surface area contributed by atoms with E-state index in [1.807, 2.05) is 51.1 Å². The lowest BCUT2D eigenvalue weighted by Crippen LogP contribution is -2.26. The number of amides is 2. The van der Waals surface area contributed by atoms with Gasteiger partial charge < -0.3 is 14.6 Å². The lowest BCUT2D eigenvalue weighted by molar-refractivity contribution is 0.0775. The molecule has 0 aliphatic carbocycles. The van der Waals surface area contributed by atoms with Crippen molar-refractivity contribution in [3.63, 3.8) is 0 Å². The van der Waals surface area contributed by atoms with Crippen molar-refractivity contribution in [2.45, 2.75) is 27.3 Å². The van der Waals surface area contributed by atoms with Crippen LogP contribution in [-0.2, 0) is 6.54 Å². The molecule has 0 bridgehead atoms. The van der Waals surface area contributed by atoms with Gasteiger partial charge in [0.05, 0.1) is 29.0 Å². The Balaban J connectivity index is 1.42. The molecule has 5 rings (SSSR count). The number of nitrogens with one attached hydrogen (secondary N) is 1. The first kappa shape index (κ1) is 26.1. The molecular formula is C31H27ClN4O3. The molecule has 0 aliphatic heterocycles. The Hall–Kier alpha value is -4.49. The molecule has 196 valence electrons. The summed E-state index contributed by atoms with van der Waals surface area (Å²) in [6, 6.07) is 20.0. The van der Waals surface area contributed by atoms with Crippen LogP contribution < -0.4 is 5.32 Å². The Morgan fingerprint density at radius 1 is 1.00 bits per heavy atom. The van der Waals surface area contributed by atoms with E-state index in [0.717, 1.165) is 33.3 Å². The van der Waals surface area contributed by atoms with E-state index in [9.17, 15) is 9.59 Å². The fourth-order valence-electron chi connectivity index (χ4n) is 4.56. The molecule has 1 N–H and O–H groups in total. The van der Waals surface area contributed by atoms with Gasteiger partial charge in [0.1, 0.15) is 5.76 Å². The second kappa shape index (κ2) is 10.7. The second-order valence-electron chi connectivity index (χ2n) is 9.57. The number of pyridine rings is 1. The van der Waals surface area contributed by atoms with Crippen LogP contribution >= 0.6 is 11.6 Å². The Morgan fingerprint density at radius 3 is 2.44 bits per heavy atom. The summed E-state index contributed by atoms with van der Waals surface area (Å²) in [6.07, 6.45) is 1.37. The third-order valence-electron chi connectivity index (χ3n) is 6.60. The molecular weight excluding hydrogens is 512 g/mol. The zero-order valence-electron chi connectivity index (χ0n) is 22.1. The normalized spacial score (nSPS) is 11.0. The van der Waals surface area contributed by atoms with Gasteiger partial charge in [-0.1, -0.05) is 41.4 Å². The minimum absolute atomic E-state index is 0.167. The van der Waals surface area contributed by atoms with Crippen molar-refractivity contribution in [1.29, 1.82) is 0 Å². The van der Waals surface area contributed by atoms with Crippen LogP contribution in [0.3, 0.4) is 0 Å². The average molecular weight is 539 g/mol. The lowest BCUT2D eigenvalue weighted by Gasteiger charge is -2.16. The molecule has 0 spiro atoms. The van der Waals surface area contributed by atoms with E-state index >= 15 is 0 Å². The number of carbonyl (C=O) groups is 2. The van der Waals surface area contributed by atoms with Crippen molar-refractivity contribution < 1.29 is 14.0 Å². The van der Waals surface area contributed by atoms with Crippen LogP contribution in [0.25, 0.3) is 22.2 Å². The molecule has 7 nitrogen and oxygen atoms in total. The number of hydrogen-bond donors (Lipinski definition) is 1. The van der Waals surface area contributed by atoms with Crippen LogP contribution in [0.2, 0.25) is 5.02 Å². The number of oxazole rings is 1. The number of halogens is 1. The van der Waals surface area contributed by atoms with Gasteiger partial charge in [0.2, 0.25) is 0 Å². The van der Waals surface area contributed by atoms with E-state index in [4.69, 9.17) is 21.0 Å². The topological polar surface area (TPSA) is 88.3 Å². The third-order valence-corrected chi connectivity index (χ3v) is 6.93. The fourth-order valence-corrected chi connectivity index (χ4v) is 4.79. The Kier molecular flexibility index (Phi) is 7.17. The summed E-state index contributed by atoms with van der Waals surface area (Å²) < 4.78 is 5.35. The average Bonchev–Trinajstić information content (AvgIpc) is 3.32. The molecule has 0 unspecified atom stereocenters. The van der Waals surface area contributed by atoms with Gasteiger partial charge in [0.25, 0.3) is 11.8 Å². The number of carbonyl (C=O) groups excluding carboxylic acids is 2. The van der Waals surface area contributed by atoms with Crippen LogP contribution in [0.1, 0.15) is 43.3 Å². The molecule has 2 heterocycles. The van der Waals surface area contributed by atoms with Crippen molar-refractivity contribution in [3.8, 4) is 11.3 Å². The van der Waals surface area contributed by atoms with Crippen LogP contribution in [0.15, 0.2) is 77.5 Å². The van der Waals surface area contributed by atoms with Gasteiger partial charge in [0.15, 0.2) is 6.39 Å².